The molecule has 9 nitrogen and oxygen atoms in total. The Morgan fingerprint density at radius 1 is 1.16 bits per heavy atom. The van der Waals surface area contributed by atoms with Gasteiger partial charge in [0, 0.05) is 42.8 Å². The number of hydrogen-bond acceptors (Lipinski definition) is 7. The van der Waals surface area contributed by atoms with Gasteiger partial charge >= 0.3 is 5.97 Å². The van der Waals surface area contributed by atoms with E-state index in [9.17, 15) is 14.7 Å². The van der Waals surface area contributed by atoms with E-state index in [0.717, 1.165) is 78.7 Å². The van der Waals surface area contributed by atoms with Crippen LogP contribution in [0, 0.1) is 5.41 Å². The second kappa shape index (κ2) is 11.1. The highest BCUT2D eigenvalue weighted by Crippen LogP contribution is 2.40. The van der Waals surface area contributed by atoms with Gasteiger partial charge in [-0.25, -0.2) is 4.98 Å². The van der Waals surface area contributed by atoms with E-state index in [4.69, 9.17) is 4.98 Å². The third kappa shape index (κ3) is 5.92. The molecule has 2 aromatic heterocycles. The molecule has 3 aromatic rings. The number of thiazole rings is 1. The molecule has 0 bridgehead atoms. The number of amides is 1. The molecule has 0 unspecified atom stereocenters. The Balaban J connectivity index is 1.18. The predicted molar refractivity (Wildman–Crippen MR) is 142 cm³/mol. The molecule has 37 heavy (non-hydrogen) atoms. The van der Waals surface area contributed by atoms with Gasteiger partial charge in [0.1, 0.15) is 5.01 Å². The highest BCUT2D eigenvalue weighted by atomic mass is 32.1. The van der Waals surface area contributed by atoms with Gasteiger partial charge in [-0.2, -0.15) is 5.10 Å². The summed E-state index contributed by atoms with van der Waals surface area (Å²) in [6.45, 7) is 5.83. The number of fused-ring (bicyclic) bond motifs is 1. The fourth-order valence-electron chi connectivity index (χ4n) is 5.48. The molecule has 196 valence electrons. The average Bonchev–Trinajstić information content (AvgIpc) is 3.61. The largest absolute Gasteiger partial charge is 0.481 e. The molecule has 1 fully saturated rings. The predicted octanol–water partition coefficient (Wildman–Crippen LogP) is 2.59. The summed E-state index contributed by atoms with van der Waals surface area (Å²) in [5.74, 6) is -1.18. The molecule has 0 saturated carbocycles. The lowest BCUT2D eigenvalue weighted by atomic mass is 9.80. The van der Waals surface area contributed by atoms with Crippen LogP contribution in [0.5, 0.6) is 0 Å². The number of aromatic amines is 1. The molecule has 0 radical (unpaired) electrons. The number of piperazine rings is 1. The average molecular weight is 523 g/mol. The normalized spacial score (nSPS) is 17.5. The number of aryl methyl sites for hydroxylation is 1. The Morgan fingerprint density at radius 2 is 1.89 bits per heavy atom. The first kappa shape index (κ1) is 25.6. The van der Waals surface area contributed by atoms with Gasteiger partial charge < -0.3 is 20.2 Å². The highest BCUT2D eigenvalue weighted by molar-refractivity contribution is 7.09. The first-order valence-corrected chi connectivity index (χ1v) is 13.7. The van der Waals surface area contributed by atoms with Crippen LogP contribution in [0.25, 0.3) is 11.3 Å². The van der Waals surface area contributed by atoms with Gasteiger partial charge in [0.15, 0.2) is 0 Å². The lowest BCUT2D eigenvalue weighted by Gasteiger charge is -2.32. The maximum absolute atomic E-state index is 13.3. The summed E-state index contributed by atoms with van der Waals surface area (Å²) in [6.07, 6.45) is 4.47. The van der Waals surface area contributed by atoms with Gasteiger partial charge in [-0.05, 0) is 50.4 Å². The van der Waals surface area contributed by atoms with Gasteiger partial charge in [0.05, 0.1) is 30.3 Å². The second-order valence-electron chi connectivity index (χ2n) is 10.3. The van der Waals surface area contributed by atoms with E-state index in [-0.39, 0.29) is 18.9 Å². The fraction of sp³-hybridized carbons (Fsp3) is 0.481. The summed E-state index contributed by atoms with van der Waals surface area (Å²) in [5, 5.41) is 22.7. The zero-order valence-corrected chi connectivity index (χ0v) is 22.0. The Morgan fingerprint density at radius 3 is 2.59 bits per heavy atom. The van der Waals surface area contributed by atoms with E-state index in [0.29, 0.717) is 12.8 Å². The number of carbonyl (C=O) groups excluding carboxylic acids is 1. The number of carboxylic acids is 1. The van der Waals surface area contributed by atoms with Gasteiger partial charge in [-0.1, -0.05) is 24.3 Å². The molecule has 1 aromatic carbocycles. The summed E-state index contributed by atoms with van der Waals surface area (Å²) < 4.78 is 0. The molecule has 3 heterocycles. The molecule has 1 aliphatic heterocycles. The first-order valence-electron chi connectivity index (χ1n) is 12.9. The third-order valence-electron chi connectivity index (χ3n) is 7.59. The zero-order valence-electron chi connectivity index (χ0n) is 21.2. The number of hydrogen-bond donors (Lipinski definition) is 3. The van der Waals surface area contributed by atoms with Crippen molar-refractivity contribution in [3.8, 4) is 11.3 Å². The molecular formula is C27H34N6O3S. The SMILES string of the molecule is CN1CCN(CCCc2[nH]ncc2-c2csc(CNC(=O)C3(CC(=O)O)Cc4ccccc4C3)n2)CC1. The van der Waals surface area contributed by atoms with Crippen molar-refractivity contribution in [3.05, 3.63) is 57.7 Å². The van der Waals surface area contributed by atoms with Crippen LogP contribution in [0.1, 0.15) is 34.7 Å². The van der Waals surface area contributed by atoms with E-state index in [1.807, 2.05) is 35.8 Å². The van der Waals surface area contributed by atoms with Gasteiger partial charge in [-0.15, -0.1) is 11.3 Å². The Bertz CT molecular complexity index is 1220. The maximum Gasteiger partial charge on any atom is 0.304 e. The Hall–Kier alpha value is -3.08. The van der Waals surface area contributed by atoms with Crippen molar-refractivity contribution < 1.29 is 14.7 Å². The van der Waals surface area contributed by atoms with Crippen LogP contribution in [-0.4, -0.2) is 81.7 Å². The summed E-state index contributed by atoms with van der Waals surface area (Å²) in [7, 11) is 2.17. The van der Waals surface area contributed by atoms with E-state index in [1.54, 1.807) is 0 Å². The van der Waals surface area contributed by atoms with Crippen molar-refractivity contribution in [2.45, 2.75) is 38.6 Å². The lowest BCUT2D eigenvalue weighted by molar-refractivity contribution is -0.145. The minimum atomic E-state index is -0.961. The molecule has 5 rings (SSSR count). The monoisotopic (exact) mass is 522 g/mol. The molecule has 3 N–H and O–H groups in total. The molecule has 0 spiro atoms. The number of H-pyrrole nitrogens is 1. The molecule has 2 aliphatic rings. The van der Waals surface area contributed by atoms with Crippen molar-refractivity contribution in [2.24, 2.45) is 5.41 Å². The van der Waals surface area contributed by atoms with Gasteiger partial charge in [0.25, 0.3) is 0 Å². The summed E-state index contributed by atoms with van der Waals surface area (Å²) >= 11 is 1.49. The van der Waals surface area contributed by atoms with Crippen LogP contribution >= 0.6 is 11.3 Å². The zero-order chi connectivity index (χ0) is 25.8. The Kier molecular flexibility index (Phi) is 7.68. The number of carboxylic acid groups (broad SMARTS) is 1. The van der Waals surface area contributed by atoms with Crippen LogP contribution in [0.3, 0.4) is 0 Å². The summed E-state index contributed by atoms with van der Waals surface area (Å²) in [4.78, 5) is 34.5. The van der Waals surface area contributed by atoms with Crippen molar-refractivity contribution >= 4 is 23.2 Å². The number of aromatic nitrogens is 3. The first-order chi connectivity index (χ1) is 17.9. The van der Waals surface area contributed by atoms with Crippen molar-refractivity contribution in [1.29, 1.82) is 0 Å². The van der Waals surface area contributed by atoms with Crippen molar-refractivity contribution in [2.75, 3.05) is 39.8 Å². The number of nitrogens with one attached hydrogen (secondary N) is 2. The quantitative estimate of drug-likeness (QED) is 0.375. The molecular weight excluding hydrogens is 488 g/mol. The molecule has 1 amide bonds. The molecule has 1 saturated heterocycles. The van der Waals surface area contributed by atoms with E-state index in [1.165, 1.54) is 11.3 Å². The van der Waals surface area contributed by atoms with Crippen molar-refractivity contribution in [3.63, 3.8) is 0 Å². The van der Waals surface area contributed by atoms with E-state index in [2.05, 4.69) is 32.4 Å². The number of carbonyl (C=O) groups is 2. The van der Waals surface area contributed by atoms with Crippen LogP contribution in [0.2, 0.25) is 0 Å². The van der Waals surface area contributed by atoms with E-state index < -0.39 is 11.4 Å². The van der Waals surface area contributed by atoms with E-state index >= 15 is 0 Å². The number of nitrogens with zero attached hydrogens (tertiary/aromatic N) is 4. The summed E-state index contributed by atoms with van der Waals surface area (Å²) in [5.41, 5.74) is 4.08. The summed E-state index contributed by atoms with van der Waals surface area (Å²) in [6, 6.07) is 7.82. The minimum absolute atomic E-state index is 0.191. The third-order valence-corrected chi connectivity index (χ3v) is 8.44. The number of rotatable bonds is 10. The minimum Gasteiger partial charge on any atom is -0.481 e. The number of benzene rings is 1. The van der Waals surface area contributed by atoms with Crippen LogP contribution in [0.4, 0.5) is 0 Å². The second-order valence-corrected chi connectivity index (χ2v) is 11.2. The lowest BCUT2D eigenvalue weighted by Crippen LogP contribution is -2.44. The van der Waals surface area contributed by atoms with Crippen LogP contribution in [0.15, 0.2) is 35.8 Å². The van der Waals surface area contributed by atoms with Crippen molar-refractivity contribution in [1.82, 2.24) is 30.3 Å². The standard InChI is InChI=1S/C27H34N6O3S/c1-32-9-11-33(12-10-32)8-4-7-22-21(16-29-31-22)23-18-37-24(30-23)17-28-26(36)27(15-25(34)35)13-19-5-2-3-6-20(19)14-27/h2-3,5-6,16,18H,4,7-15,17H2,1H3,(H,28,36)(H,29,31)(H,34,35). The number of likely N-dealkylation sites (N-methyl/N-ethyl adjacent to an activating group) is 1. The molecule has 1 aliphatic carbocycles. The highest BCUT2D eigenvalue weighted by Gasteiger charge is 2.45. The molecule has 0 atom stereocenters. The van der Waals surface area contributed by atoms with Gasteiger partial charge in [0.2, 0.25) is 5.91 Å². The smallest absolute Gasteiger partial charge is 0.304 e. The molecule has 10 heteroatoms. The maximum atomic E-state index is 13.3. The van der Waals surface area contributed by atoms with Gasteiger partial charge in [-0.3, -0.25) is 14.7 Å². The van der Waals surface area contributed by atoms with Crippen LogP contribution < -0.4 is 5.32 Å². The fourth-order valence-corrected chi connectivity index (χ4v) is 6.22. The number of aliphatic carboxylic acids is 1. The Labute approximate surface area is 220 Å². The topological polar surface area (TPSA) is 114 Å². The van der Waals surface area contributed by atoms with Crippen LogP contribution in [-0.2, 0) is 35.4 Å².